The first-order chi connectivity index (χ1) is 14.5. The lowest BCUT2D eigenvalue weighted by Gasteiger charge is -2.33. The summed E-state index contributed by atoms with van der Waals surface area (Å²) in [5.74, 6) is 1.62. The van der Waals surface area contributed by atoms with E-state index in [0.717, 1.165) is 43.3 Å². The molecule has 2 aromatic heterocycles. The van der Waals surface area contributed by atoms with E-state index >= 15 is 0 Å². The number of methoxy groups -OCH3 is 1. The Bertz CT molecular complexity index is 1030. The zero-order valence-electron chi connectivity index (χ0n) is 16.9. The third-order valence-corrected chi connectivity index (χ3v) is 6.50. The molecule has 0 radical (unpaired) electrons. The lowest BCUT2D eigenvalue weighted by Crippen LogP contribution is -2.44. The average Bonchev–Trinajstić information content (AvgIpc) is 3.23. The summed E-state index contributed by atoms with van der Waals surface area (Å²) in [5.41, 5.74) is 2.47. The highest BCUT2D eigenvalue weighted by molar-refractivity contribution is 7.82. The number of hydrogen-bond acceptors (Lipinski definition) is 8. The van der Waals surface area contributed by atoms with E-state index in [-0.39, 0.29) is 0 Å². The molecule has 0 saturated carbocycles. The van der Waals surface area contributed by atoms with Gasteiger partial charge < -0.3 is 19.9 Å². The number of nitrogens with two attached hydrogens (primary N) is 1. The molecule has 1 saturated heterocycles. The van der Waals surface area contributed by atoms with Gasteiger partial charge in [-0.05, 0) is 37.4 Å². The van der Waals surface area contributed by atoms with Crippen molar-refractivity contribution in [2.45, 2.75) is 4.90 Å². The van der Waals surface area contributed by atoms with Crippen LogP contribution in [0.4, 0.5) is 16.6 Å². The first-order valence-electron chi connectivity index (χ1n) is 9.50. The summed E-state index contributed by atoms with van der Waals surface area (Å²) >= 11 is 1.48. The maximum Gasteiger partial charge on any atom is 0.187 e. The second kappa shape index (κ2) is 9.09. The van der Waals surface area contributed by atoms with Crippen molar-refractivity contribution in [3.63, 3.8) is 0 Å². The fraction of sp³-hybridized carbons (Fsp3) is 0.300. The number of nitrogens with zero attached hydrogens (tertiary/aromatic N) is 4. The molecular formula is C20H24N6O2S2. The molecule has 10 heteroatoms. The largest absolute Gasteiger partial charge is 0.495 e. The second-order valence-corrected chi connectivity index (χ2v) is 8.94. The molecule has 1 aliphatic rings. The van der Waals surface area contributed by atoms with E-state index in [1.807, 2.05) is 11.6 Å². The lowest BCUT2D eigenvalue weighted by atomic mass is 10.2. The standard InChI is InChI=1S/C20H24N6O2S2/c1-25-7-9-26(10-8-25)19-6-3-14(12-22-19)17-13-29-20(24-17)23-16-11-15(30(21)27)4-5-18(16)28-2/h3-6,11-13H,7-10,21H2,1-2H3,(H,23,24). The molecule has 4 rings (SSSR count). The van der Waals surface area contributed by atoms with Crippen molar-refractivity contribution in [2.75, 3.05) is 50.6 Å². The number of hydrogen-bond donors (Lipinski definition) is 2. The van der Waals surface area contributed by atoms with E-state index in [9.17, 15) is 4.21 Å². The van der Waals surface area contributed by atoms with Gasteiger partial charge in [-0.2, -0.15) is 0 Å². The third-order valence-electron chi connectivity index (χ3n) is 5.02. The summed E-state index contributed by atoms with van der Waals surface area (Å²) in [6.07, 6.45) is 1.87. The smallest absolute Gasteiger partial charge is 0.187 e. The maximum absolute atomic E-state index is 11.6. The van der Waals surface area contributed by atoms with Crippen molar-refractivity contribution in [2.24, 2.45) is 5.14 Å². The van der Waals surface area contributed by atoms with Gasteiger partial charge in [0.25, 0.3) is 0 Å². The molecule has 3 N–H and O–H groups in total. The Balaban J connectivity index is 1.49. The van der Waals surface area contributed by atoms with Crippen LogP contribution >= 0.6 is 11.3 Å². The molecule has 8 nitrogen and oxygen atoms in total. The summed E-state index contributed by atoms with van der Waals surface area (Å²) < 4.78 is 17.0. The van der Waals surface area contributed by atoms with E-state index in [1.54, 1.807) is 25.3 Å². The molecule has 1 unspecified atom stereocenters. The van der Waals surface area contributed by atoms with Crippen LogP contribution in [0.5, 0.6) is 5.75 Å². The van der Waals surface area contributed by atoms with Crippen molar-refractivity contribution in [3.05, 3.63) is 41.9 Å². The summed E-state index contributed by atoms with van der Waals surface area (Å²) in [5, 5.41) is 11.4. The van der Waals surface area contributed by atoms with E-state index < -0.39 is 11.0 Å². The quantitative estimate of drug-likeness (QED) is 0.603. The highest BCUT2D eigenvalue weighted by atomic mass is 32.2. The molecule has 1 atom stereocenters. The van der Waals surface area contributed by atoms with E-state index in [4.69, 9.17) is 9.88 Å². The molecule has 0 amide bonds. The van der Waals surface area contributed by atoms with E-state index in [0.29, 0.717) is 21.5 Å². The van der Waals surface area contributed by atoms with Gasteiger partial charge in [0.05, 0.1) is 23.4 Å². The molecule has 3 aromatic rings. The predicted octanol–water partition coefficient (Wildman–Crippen LogP) is 2.69. The minimum atomic E-state index is -1.57. The minimum Gasteiger partial charge on any atom is -0.495 e. The molecular weight excluding hydrogens is 420 g/mol. The van der Waals surface area contributed by atoms with Crippen LogP contribution in [0.2, 0.25) is 0 Å². The number of rotatable bonds is 6. The lowest BCUT2D eigenvalue weighted by molar-refractivity contribution is 0.312. The number of likely N-dealkylation sites (N-methyl/N-ethyl adjacent to an activating group) is 1. The highest BCUT2D eigenvalue weighted by Crippen LogP contribution is 2.32. The molecule has 3 heterocycles. The van der Waals surface area contributed by atoms with Crippen LogP contribution in [0, 0.1) is 0 Å². The SMILES string of the molecule is COc1ccc(S(N)=O)cc1Nc1nc(-c2ccc(N3CCN(C)CC3)nc2)cs1. The Morgan fingerprint density at radius 1 is 1.20 bits per heavy atom. The predicted molar refractivity (Wildman–Crippen MR) is 122 cm³/mol. The average molecular weight is 445 g/mol. The molecule has 1 fully saturated rings. The summed E-state index contributed by atoms with van der Waals surface area (Å²) in [4.78, 5) is 14.4. The minimum absolute atomic E-state index is 0.513. The molecule has 1 aromatic carbocycles. The van der Waals surface area contributed by atoms with Gasteiger partial charge in [-0.25, -0.2) is 19.3 Å². The van der Waals surface area contributed by atoms with Crippen LogP contribution in [0.15, 0.2) is 46.8 Å². The van der Waals surface area contributed by atoms with Gasteiger partial charge in [-0.15, -0.1) is 11.3 Å². The van der Waals surface area contributed by atoms with Crippen LogP contribution in [-0.4, -0.2) is 59.4 Å². The van der Waals surface area contributed by atoms with E-state index in [1.165, 1.54) is 11.3 Å². The molecule has 30 heavy (non-hydrogen) atoms. The van der Waals surface area contributed by atoms with Gasteiger partial charge in [-0.1, -0.05) is 0 Å². The highest BCUT2D eigenvalue weighted by Gasteiger charge is 2.16. The second-order valence-electron chi connectivity index (χ2n) is 7.02. The molecule has 158 valence electrons. The van der Waals surface area contributed by atoms with Gasteiger partial charge in [-0.3, -0.25) is 0 Å². The Morgan fingerprint density at radius 2 is 2.00 bits per heavy atom. The Hall–Kier alpha value is -2.53. The number of benzene rings is 1. The van der Waals surface area contributed by atoms with Gasteiger partial charge in [0.15, 0.2) is 5.13 Å². The van der Waals surface area contributed by atoms with Crippen molar-refractivity contribution >= 4 is 39.0 Å². The van der Waals surface area contributed by atoms with Crippen molar-refractivity contribution < 1.29 is 8.95 Å². The number of pyridine rings is 1. The number of thiazole rings is 1. The van der Waals surface area contributed by atoms with Gasteiger partial charge in [0.1, 0.15) is 22.6 Å². The molecule has 0 bridgehead atoms. The molecule has 1 aliphatic heterocycles. The first-order valence-corrected chi connectivity index (χ1v) is 11.6. The van der Waals surface area contributed by atoms with Crippen molar-refractivity contribution in [1.82, 2.24) is 14.9 Å². The van der Waals surface area contributed by atoms with Gasteiger partial charge >= 0.3 is 0 Å². The fourth-order valence-corrected chi connectivity index (χ4v) is 4.42. The van der Waals surface area contributed by atoms with Gasteiger partial charge in [0, 0.05) is 43.3 Å². The number of aromatic nitrogens is 2. The Morgan fingerprint density at radius 3 is 2.67 bits per heavy atom. The molecule has 0 aliphatic carbocycles. The molecule has 0 spiro atoms. The zero-order valence-corrected chi connectivity index (χ0v) is 18.5. The summed E-state index contributed by atoms with van der Waals surface area (Å²) in [6, 6.07) is 9.23. The number of piperazine rings is 1. The normalized spacial score (nSPS) is 15.8. The summed E-state index contributed by atoms with van der Waals surface area (Å²) in [7, 11) is 2.16. The maximum atomic E-state index is 11.6. The monoisotopic (exact) mass is 444 g/mol. The first kappa shape index (κ1) is 20.7. The third kappa shape index (κ3) is 4.62. The van der Waals surface area contributed by atoms with Crippen LogP contribution in [0.25, 0.3) is 11.3 Å². The number of nitrogens with one attached hydrogen (secondary N) is 1. The Labute approximate surface area is 182 Å². The van der Waals surface area contributed by atoms with Crippen LogP contribution in [0.1, 0.15) is 0 Å². The van der Waals surface area contributed by atoms with Crippen molar-refractivity contribution in [3.8, 4) is 17.0 Å². The Kier molecular flexibility index (Phi) is 6.28. The topological polar surface area (TPSA) is 96.6 Å². The number of ether oxygens (including phenoxy) is 1. The van der Waals surface area contributed by atoms with E-state index in [2.05, 4.69) is 44.3 Å². The fourth-order valence-electron chi connectivity index (χ4n) is 3.25. The van der Waals surface area contributed by atoms with Crippen LogP contribution in [-0.2, 0) is 11.0 Å². The van der Waals surface area contributed by atoms with Crippen LogP contribution < -0.4 is 20.1 Å². The van der Waals surface area contributed by atoms with Crippen molar-refractivity contribution in [1.29, 1.82) is 0 Å². The zero-order chi connectivity index (χ0) is 21.1. The summed E-state index contributed by atoms with van der Waals surface area (Å²) in [6.45, 7) is 4.07. The number of anilines is 3. The van der Waals surface area contributed by atoms with Crippen LogP contribution in [0.3, 0.4) is 0 Å². The van der Waals surface area contributed by atoms with Gasteiger partial charge in [0.2, 0.25) is 0 Å².